The van der Waals surface area contributed by atoms with Gasteiger partial charge in [-0.05, 0) is 50.8 Å². The van der Waals surface area contributed by atoms with Gasteiger partial charge in [0.25, 0.3) is 0 Å². The summed E-state index contributed by atoms with van der Waals surface area (Å²) in [6, 6.07) is 6.82. The van der Waals surface area contributed by atoms with Crippen molar-refractivity contribution in [2.75, 3.05) is 19.6 Å². The molecule has 1 aromatic rings. The Balaban J connectivity index is 1.89. The van der Waals surface area contributed by atoms with Gasteiger partial charge in [0, 0.05) is 31.6 Å². The monoisotopic (exact) mass is 353 g/mol. The van der Waals surface area contributed by atoms with Crippen molar-refractivity contribution in [1.82, 2.24) is 9.62 Å². The molecule has 0 aromatic heterocycles. The Morgan fingerprint density at radius 1 is 1.21 bits per heavy atom. The van der Waals surface area contributed by atoms with E-state index in [0.717, 1.165) is 18.4 Å². The quantitative estimate of drug-likeness (QED) is 0.772. The fraction of sp³-hybridized carbons (Fsp3) is 0.588. The highest BCUT2D eigenvalue weighted by molar-refractivity contribution is 7.89. The summed E-state index contributed by atoms with van der Waals surface area (Å²) in [5.74, 6) is -0.0534. The van der Waals surface area contributed by atoms with Gasteiger partial charge in [0.2, 0.25) is 15.9 Å². The van der Waals surface area contributed by atoms with Gasteiger partial charge in [-0.25, -0.2) is 8.42 Å². The molecule has 1 amide bonds. The molecule has 1 aromatic carbocycles. The maximum Gasteiger partial charge on any atom is 0.243 e. The van der Waals surface area contributed by atoms with E-state index in [4.69, 9.17) is 5.73 Å². The molecule has 1 saturated heterocycles. The van der Waals surface area contributed by atoms with E-state index in [0.29, 0.717) is 37.4 Å². The number of amides is 1. The highest BCUT2D eigenvalue weighted by Gasteiger charge is 2.26. The Morgan fingerprint density at radius 2 is 1.79 bits per heavy atom. The molecule has 1 heterocycles. The molecule has 134 valence electrons. The third-order valence-corrected chi connectivity index (χ3v) is 5.92. The molecule has 1 aliphatic rings. The number of nitrogens with one attached hydrogen (secondary N) is 1. The predicted octanol–water partition coefficient (Wildman–Crippen LogP) is 1.26. The molecule has 3 N–H and O–H groups in total. The fourth-order valence-electron chi connectivity index (χ4n) is 2.58. The zero-order valence-electron chi connectivity index (χ0n) is 14.4. The second-order valence-electron chi connectivity index (χ2n) is 7.02. The minimum atomic E-state index is -3.37. The number of aryl methyl sites for hydroxylation is 1. The summed E-state index contributed by atoms with van der Waals surface area (Å²) in [5, 5.41) is 2.80. The highest BCUT2D eigenvalue weighted by atomic mass is 32.2. The van der Waals surface area contributed by atoms with Crippen LogP contribution in [-0.4, -0.2) is 43.8 Å². The van der Waals surface area contributed by atoms with Crippen molar-refractivity contribution >= 4 is 15.9 Å². The predicted molar refractivity (Wildman–Crippen MR) is 94.0 cm³/mol. The smallest absolute Gasteiger partial charge is 0.243 e. The minimum absolute atomic E-state index is 0.0534. The molecule has 1 fully saturated rings. The molecular weight excluding hydrogens is 326 g/mol. The lowest BCUT2D eigenvalue weighted by Gasteiger charge is -2.18. The summed E-state index contributed by atoms with van der Waals surface area (Å²) in [4.78, 5) is 12.1. The van der Waals surface area contributed by atoms with Crippen LogP contribution in [0, 0.1) is 0 Å². The summed E-state index contributed by atoms with van der Waals surface area (Å²) >= 11 is 0. The van der Waals surface area contributed by atoms with Crippen LogP contribution in [0.25, 0.3) is 0 Å². The van der Waals surface area contributed by atoms with Gasteiger partial charge < -0.3 is 11.1 Å². The largest absolute Gasteiger partial charge is 0.354 e. The van der Waals surface area contributed by atoms with Crippen LogP contribution in [0.15, 0.2) is 29.2 Å². The third kappa shape index (κ3) is 5.29. The first kappa shape index (κ1) is 18.9. The Kier molecular flexibility index (Phi) is 6.01. The number of nitrogens with zero attached hydrogens (tertiary/aromatic N) is 1. The van der Waals surface area contributed by atoms with Crippen molar-refractivity contribution in [1.29, 1.82) is 0 Å². The van der Waals surface area contributed by atoms with Crippen molar-refractivity contribution < 1.29 is 13.2 Å². The lowest BCUT2D eigenvalue weighted by Crippen LogP contribution is -2.45. The summed E-state index contributed by atoms with van der Waals surface area (Å²) in [6.07, 6.45) is 2.77. The maximum absolute atomic E-state index is 12.4. The number of nitrogens with two attached hydrogens (primary N) is 1. The van der Waals surface area contributed by atoms with Gasteiger partial charge >= 0.3 is 0 Å². The number of benzene rings is 1. The maximum atomic E-state index is 12.4. The third-order valence-electron chi connectivity index (χ3n) is 4.01. The van der Waals surface area contributed by atoms with Crippen LogP contribution < -0.4 is 11.1 Å². The van der Waals surface area contributed by atoms with Gasteiger partial charge in [-0.2, -0.15) is 4.31 Å². The van der Waals surface area contributed by atoms with Gasteiger partial charge in [0.05, 0.1) is 4.90 Å². The van der Waals surface area contributed by atoms with Crippen LogP contribution in [-0.2, 0) is 21.2 Å². The average Bonchev–Trinajstić information content (AvgIpc) is 3.06. The number of rotatable bonds is 7. The number of carbonyl (C=O) groups excluding carboxylic acids is 1. The van der Waals surface area contributed by atoms with Gasteiger partial charge in [-0.15, -0.1) is 0 Å². The Hall–Kier alpha value is -1.44. The van der Waals surface area contributed by atoms with Crippen molar-refractivity contribution in [2.45, 2.75) is 50.0 Å². The molecule has 0 unspecified atom stereocenters. The lowest BCUT2D eigenvalue weighted by molar-refractivity contribution is -0.121. The van der Waals surface area contributed by atoms with Crippen LogP contribution in [0.3, 0.4) is 0 Å². The zero-order chi connectivity index (χ0) is 17.8. The van der Waals surface area contributed by atoms with Gasteiger partial charge in [-0.3, -0.25) is 4.79 Å². The van der Waals surface area contributed by atoms with E-state index in [2.05, 4.69) is 5.32 Å². The fourth-order valence-corrected chi connectivity index (χ4v) is 4.10. The summed E-state index contributed by atoms with van der Waals surface area (Å²) < 4.78 is 26.4. The molecular formula is C17H27N3O3S. The van der Waals surface area contributed by atoms with E-state index in [-0.39, 0.29) is 5.91 Å². The molecule has 0 atom stereocenters. The number of sulfonamides is 1. The molecule has 0 bridgehead atoms. The van der Waals surface area contributed by atoms with E-state index in [1.807, 2.05) is 13.8 Å². The van der Waals surface area contributed by atoms with E-state index in [1.165, 1.54) is 4.31 Å². The molecule has 7 heteroatoms. The highest BCUT2D eigenvalue weighted by Crippen LogP contribution is 2.21. The first-order chi connectivity index (χ1) is 11.2. The van der Waals surface area contributed by atoms with Crippen LogP contribution in [0.4, 0.5) is 0 Å². The van der Waals surface area contributed by atoms with Gasteiger partial charge in [0.1, 0.15) is 0 Å². The Bertz CT molecular complexity index is 657. The van der Waals surface area contributed by atoms with Crippen LogP contribution in [0.5, 0.6) is 0 Å². The van der Waals surface area contributed by atoms with Crippen molar-refractivity contribution in [3.63, 3.8) is 0 Å². The molecule has 0 aliphatic carbocycles. The summed E-state index contributed by atoms with van der Waals surface area (Å²) in [6.45, 7) is 5.34. The average molecular weight is 353 g/mol. The van der Waals surface area contributed by atoms with E-state index in [1.54, 1.807) is 24.3 Å². The standard InChI is InChI=1S/C17H27N3O3S/c1-17(2,18)13-19-16(21)10-7-14-5-8-15(9-6-14)24(22,23)20-11-3-4-12-20/h5-6,8-9H,3-4,7,10-13,18H2,1-2H3,(H,19,21). The molecule has 24 heavy (non-hydrogen) atoms. The summed E-state index contributed by atoms with van der Waals surface area (Å²) in [7, 11) is -3.37. The molecule has 6 nitrogen and oxygen atoms in total. The Morgan fingerprint density at radius 3 is 2.33 bits per heavy atom. The van der Waals surface area contributed by atoms with Crippen molar-refractivity contribution in [2.24, 2.45) is 5.73 Å². The lowest BCUT2D eigenvalue weighted by atomic mass is 10.1. The SMILES string of the molecule is CC(C)(N)CNC(=O)CCc1ccc(S(=O)(=O)N2CCCC2)cc1. The first-order valence-corrected chi connectivity index (χ1v) is 9.77. The topological polar surface area (TPSA) is 92.5 Å². The van der Waals surface area contributed by atoms with Crippen LogP contribution in [0.1, 0.15) is 38.7 Å². The van der Waals surface area contributed by atoms with E-state index in [9.17, 15) is 13.2 Å². The minimum Gasteiger partial charge on any atom is -0.354 e. The van der Waals surface area contributed by atoms with E-state index >= 15 is 0 Å². The normalized spacial score (nSPS) is 16.3. The van der Waals surface area contributed by atoms with Crippen LogP contribution >= 0.6 is 0 Å². The zero-order valence-corrected chi connectivity index (χ0v) is 15.2. The van der Waals surface area contributed by atoms with Crippen molar-refractivity contribution in [3.05, 3.63) is 29.8 Å². The molecule has 0 saturated carbocycles. The Labute approximate surface area is 144 Å². The van der Waals surface area contributed by atoms with Gasteiger partial charge in [0.15, 0.2) is 0 Å². The van der Waals surface area contributed by atoms with Crippen LogP contribution in [0.2, 0.25) is 0 Å². The van der Waals surface area contributed by atoms with E-state index < -0.39 is 15.6 Å². The van der Waals surface area contributed by atoms with Crippen molar-refractivity contribution in [3.8, 4) is 0 Å². The van der Waals surface area contributed by atoms with Gasteiger partial charge in [-0.1, -0.05) is 12.1 Å². The second-order valence-corrected chi connectivity index (χ2v) is 8.96. The number of hydrogen-bond donors (Lipinski definition) is 2. The molecule has 2 rings (SSSR count). The number of carbonyl (C=O) groups is 1. The second kappa shape index (κ2) is 7.63. The molecule has 1 aliphatic heterocycles. The molecule has 0 spiro atoms. The number of hydrogen-bond acceptors (Lipinski definition) is 4. The molecule has 0 radical (unpaired) electrons. The summed E-state index contributed by atoms with van der Waals surface area (Å²) in [5.41, 5.74) is 6.34. The first-order valence-electron chi connectivity index (χ1n) is 8.33.